The molecule has 0 bridgehead atoms. The van der Waals surface area contributed by atoms with Crippen molar-refractivity contribution in [2.75, 3.05) is 0 Å². The lowest BCUT2D eigenvalue weighted by Crippen LogP contribution is -2.09. The van der Waals surface area contributed by atoms with Crippen LogP contribution in [0.15, 0.2) is 247 Å². The van der Waals surface area contributed by atoms with Crippen LogP contribution in [0.25, 0.3) is 167 Å². The van der Waals surface area contributed by atoms with Crippen molar-refractivity contribution in [3.05, 3.63) is 260 Å². The molecule has 5 nitrogen and oxygen atoms in total. The van der Waals surface area contributed by atoms with E-state index >= 15 is 0 Å². The molecule has 81 heavy (non-hydrogen) atoms. The third kappa shape index (κ3) is 6.39. The Balaban J connectivity index is 1.10. The number of rotatable bonds is 6. The Hall–Kier alpha value is -10.5. The summed E-state index contributed by atoms with van der Waals surface area (Å²) in [5.41, 5.74) is 12.1. The van der Waals surface area contributed by atoms with Gasteiger partial charge in [-0.25, -0.2) is 4.85 Å². The number of furan rings is 1. The summed E-state index contributed by atoms with van der Waals surface area (Å²) in [6, 6.07) is 73.1. The minimum absolute atomic E-state index is 0.130. The molecular weight excluding hydrogens is 1020 g/mol. The van der Waals surface area contributed by atoms with Gasteiger partial charge in [-0.3, -0.25) is 0 Å². The lowest BCUT2D eigenvalue weighted by molar-refractivity contribution is 0.670. The van der Waals surface area contributed by atoms with Crippen molar-refractivity contribution in [2.24, 2.45) is 0 Å². The molecule has 12 aromatic carbocycles. The quantitative estimate of drug-likeness (QED) is 0.156. The number of para-hydroxylation sites is 3. The van der Waals surface area contributed by atoms with E-state index in [4.69, 9.17) is 8.53 Å². The molecular formula is C74H40N4OS2. The third-order valence-electron chi connectivity index (χ3n) is 16.3. The Morgan fingerprint density at radius 3 is 1.77 bits per heavy atom. The SMILES string of the molecule is [2H]c1c([2H])c([2H])c(-c2cccc3c2sc2c3ccc3c4ccc5c6ccccc6sc5c4n(-c4c(C#N)c(-c5ccccc5)c([N+]#[C-])c(-n5c6ccccc6c6c(-c7cccc8c7oc7ccccc78)cccc65)c4-c4ccccc4)c32)c([2H])c1[2H]. The topological polar surface area (TPSA) is 51.1 Å². The standard InChI is InChI=1S/C74H40N4OS2/c1-76-66-63(44-22-7-3-8-23-44)58(42-75)67(78-68-50(38-40-55-48-27-13-16-37-62(48)80-73(55)68)51-39-41-56-54-33-17-29-46(43-20-5-2-6-21-43)72(54)81-74(56)69(51)78)64(45-24-9-4-10-25-45)70(66)77-59-34-14-11-28-57(59)65-49(30-19-35-60(65)77)53-32-18-31-52-47-26-12-15-36-61(47)79-71(52)53/h2-41H/i2D,5D,6D,20D,21D. The number of fused-ring (bicyclic) bond motifs is 17. The molecule has 0 radical (unpaired) electrons. The summed E-state index contributed by atoms with van der Waals surface area (Å²) < 4.78 is 59.4. The normalized spacial score (nSPS) is 12.8. The van der Waals surface area contributed by atoms with Gasteiger partial charge in [0, 0.05) is 80.0 Å². The maximum atomic E-state index is 12.4. The fourth-order valence-corrected chi connectivity index (χ4v) is 15.6. The van der Waals surface area contributed by atoms with Gasteiger partial charge in [0.05, 0.1) is 61.8 Å². The monoisotopic (exact) mass is 1070 g/mol. The van der Waals surface area contributed by atoms with Gasteiger partial charge in [0.25, 0.3) is 0 Å². The highest BCUT2D eigenvalue weighted by Gasteiger charge is 2.33. The van der Waals surface area contributed by atoms with Gasteiger partial charge in [-0.15, -0.1) is 22.7 Å². The van der Waals surface area contributed by atoms with Crippen LogP contribution in [0.1, 0.15) is 12.4 Å². The number of thiophene rings is 2. The van der Waals surface area contributed by atoms with Crippen LogP contribution in [0.5, 0.6) is 0 Å². The summed E-state index contributed by atoms with van der Waals surface area (Å²) in [5.74, 6) is 0. The molecule has 0 N–H and O–H groups in total. The van der Waals surface area contributed by atoms with E-state index in [1.54, 1.807) is 11.3 Å². The second-order valence-corrected chi connectivity index (χ2v) is 22.4. The molecule has 5 aromatic heterocycles. The molecule has 0 saturated heterocycles. The minimum atomic E-state index is -0.450. The highest BCUT2D eigenvalue weighted by atomic mass is 32.1. The Labute approximate surface area is 478 Å². The predicted molar refractivity (Wildman–Crippen MR) is 341 cm³/mol. The van der Waals surface area contributed by atoms with E-state index in [1.807, 2.05) is 91.0 Å². The maximum absolute atomic E-state index is 12.4. The zero-order valence-electron chi connectivity index (χ0n) is 47.7. The van der Waals surface area contributed by atoms with E-state index in [9.17, 15) is 14.6 Å². The largest absolute Gasteiger partial charge is 0.455 e. The molecule has 0 spiro atoms. The van der Waals surface area contributed by atoms with Crippen molar-refractivity contribution in [3.63, 3.8) is 0 Å². The Morgan fingerprint density at radius 2 is 1.01 bits per heavy atom. The molecule has 0 unspecified atom stereocenters. The Kier molecular flexibility index (Phi) is 8.77. The van der Waals surface area contributed by atoms with Crippen molar-refractivity contribution < 1.29 is 11.3 Å². The van der Waals surface area contributed by atoms with E-state index in [2.05, 4.69) is 141 Å². The third-order valence-corrected chi connectivity index (χ3v) is 18.7. The van der Waals surface area contributed by atoms with Crippen LogP contribution in [0.3, 0.4) is 0 Å². The van der Waals surface area contributed by atoms with Gasteiger partial charge in [0.1, 0.15) is 17.2 Å². The minimum Gasteiger partial charge on any atom is -0.455 e. The summed E-state index contributed by atoms with van der Waals surface area (Å²) in [6.45, 7) is 9.58. The highest BCUT2D eigenvalue weighted by molar-refractivity contribution is 7.27. The molecule has 7 heteroatoms. The van der Waals surface area contributed by atoms with E-state index in [0.717, 1.165) is 123 Å². The van der Waals surface area contributed by atoms with E-state index in [1.165, 1.54) is 11.3 Å². The van der Waals surface area contributed by atoms with Gasteiger partial charge in [0.2, 0.25) is 5.69 Å². The number of hydrogen-bond acceptors (Lipinski definition) is 4. The summed E-state index contributed by atoms with van der Waals surface area (Å²) in [6.07, 6.45) is 0. The van der Waals surface area contributed by atoms with E-state index in [-0.39, 0.29) is 17.6 Å². The first-order valence-electron chi connectivity index (χ1n) is 29.1. The number of hydrogen-bond donors (Lipinski definition) is 0. The predicted octanol–water partition coefficient (Wildman–Crippen LogP) is 21.6. The zero-order valence-corrected chi connectivity index (χ0v) is 44.4. The van der Waals surface area contributed by atoms with Crippen molar-refractivity contribution in [1.82, 2.24) is 9.13 Å². The van der Waals surface area contributed by atoms with Gasteiger partial charge in [-0.1, -0.05) is 218 Å². The van der Waals surface area contributed by atoms with Crippen LogP contribution in [0.2, 0.25) is 0 Å². The maximum Gasteiger partial charge on any atom is 0.220 e. The number of nitrogens with zero attached hydrogens (tertiary/aromatic N) is 4. The van der Waals surface area contributed by atoms with Gasteiger partial charge in [-0.2, -0.15) is 5.26 Å². The van der Waals surface area contributed by atoms with Crippen LogP contribution < -0.4 is 0 Å². The number of benzene rings is 12. The summed E-state index contributed by atoms with van der Waals surface area (Å²) >= 11 is 3.22. The molecule has 17 rings (SSSR count). The van der Waals surface area contributed by atoms with Crippen molar-refractivity contribution in [2.45, 2.75) is 0 Å². The molecule has 0 amide bonds. The van der Waals surface area contributed by atoms with E-state index in [0.29, 0.717) is 44.9 Å². The molecule has 0 saturated carbocycles. The number of aromatic nitrogens is 2. The highest BCUT2D eigenvalue weighted by Crippen LogP contribution is 2.56. The van der Waals surface area contributed by atoms with Gasteiger partial charge < -0.3 is 13.6 Å². The average molecular weight is 1070 g/mol. The average Bonchev–Trinajstić information content (AvgIpc) is 1.51. The van der Waals surface area contributed by atoms with E-state index < -0.39 is 18.1 Å². The fraction of sp³-hybridized carbons (Fsp3) is 0. The molecule has 0 aliphatic carbocycles. The van der Waals surface area contributed by atoms with Crippen molar-refractivity contribution >= 4 is 134 Å². The summed E-state index contributed by atoms with van der Waals surface area (Å²) in [7, 11) is 0. The lowest BCUT2D eigenvalue weighted by Gasteiger charge is -2.26. The van der Waals surface area contributed by atoms with Gasteiger partial charge in [-0.05, 0) is 52.1 Å². The summed E-state index contributed by atoms with van der Waals surface area (Å²) in [5, 5.41) is 22.3. The number of nitriles is 1. The van der Waals surface area contributed by atoms with Gasteiger partial charge >= 0.3 is 0 Å². The zero-order chi connectivity index (χ0) is 57.8. The molecule has 0 fully saturated rings. The fourth-order valence-electron chi connectivity index (χ4n) is 13.0. The molecule has 0 aliphatic rings. The second-order valence-electron chi connectivity index (χ2n) is 20.4. The second kappa shape index (κ2) is 17.5. The molecule has 374 valence electrons. The lowest BCUT2D eigenvalue weighted by atomic mass is 9.88. The van der Waals surface area contributed by atoms with Crippen LogP contribution in [-0.2, 0) is 0 Å². The first-order chi connectivity index (χ1) is 42.2. The van der Waals surface area contributed by atoms with Crippen molar-refractivity contribution in [3.8, 4) is 62.0 Å². The van der Waals surface area contributed by atoms with Gasteiger partial charge in [0.15, 0.2) is 0 Å². The summed E-state index contributed by atoms with van der Waals surface area (Å²) in [4.78, 5) is 4.62. The first kappa shape index (κ1) is 40.6. The first-order valence-corrected chi connectivity index (χ1v) is 28.2. The van der Waals surface area contributed by atoms with Crippen LogP contribution >= 0.6 is 22.7 Å². The smallest absolute Gasteiger partial charge is 0.220 e. The van der Waals surface area contributed by atoms with Crippen LogP contribution in [0.4, 0.5) is 5.69 Å². The Morgan fingerprint density at radius 1 is 0.444 bits per heavy atom. The van der Waals surface area contributed by atoms with Crippen LogP contribution in [0, 0.1) is 17.9 Å². The molecule has 17 aromatic rings. The molecule has 5 heterocycles. The Bertz CT molecular complexity index is 5910. The molecule has 0 aliphatic heterocycles. The van der Waals surface area contributed by atoms with Crippen LogP contribution in [-0.4, -0.2) is 9.13 Å². The molecule has 0 atom stereocenters. The van der Waals surface area contributed by atoms with Crippen molar-refractivity contribution in [1.29, 1.82) is 5.26 Å².